The minimum Gasteiger partial charge on any atom is -0.381 e. The maximum Gasteiger partial charge on any atom is 0.279 e. The lowest BCUT2D eigenvalue weighted by Crippen LogP contribution is -2.48. The molecule has 6 nitrogen and oxygen atoms in total. The molecule has 1 heterocycles. The number of aryl methyl sites for hydroxylation is 1. The molecule has 24 heavy (non-hydrogen) atoms. The van der Waals surface area contributed by atoms with Gasteiger partial charge in [0.25, 0.3) is 10.2 Å². The highest BCUT2D eigenvalue weighted by molar-refractivity contribution is 7.87. The van der Waals surface area contributed by atoms with Crippen molar-refractivity contribution in [3.63, 3.8) is 0 Å². The van der Waals surface area contributed by atoms with Crippen molar-refractivity contribution in [3.8, 4) is 0 Å². The lowest BCUT2D eigenvalue weighted by atomic mass is 10.0. The molecule has 0 aliphatic carbocycles. The van der Waals surface area contributed by atoms with Crippen LogP contribution in [0.4, 0.5) is 0 Å². The first-order chi connectivity index (χ1) is 11.3. The molecule has 0 amide bonds. The zero-order valence-electron chi connectivity index (χ0n) is 15.0. The molecule has 0 spiro atoms. The minimum absolute atomic E-state index is 0.00232. The molecule has 0 bridgehead atoms. The second kappa shape index (κ2) is 8.40. The van der Waals surface area contributed by atoms with Gasteiger partial charge in [0.05, 0.1) is 6.10 Å². The molecule has 0 saturated carbocycles. The molecule has 0 aromatic heterocycles. The second-order valence-electron chi connectivity index (χ2n) is 6.52. The summed E-state index contributed by atoms with van der Waals surface area (Å²) in [5, 5.41) is 0. The molecule has 1 saturated heterocycles. The third-order valence-electron chi connectivity index (χ3n) is 4.70. The Morgan fingerprint density at radius 3 is 2.46 bits per heavy atom. The van der Waals surface area contributed by atoms with Crippen LogP contribution in [0.3, 0.4) is 0 Å². The van der Waals surface area contributed by atoms with E-state index in [9.17, 15) is 8.42 Å². The minimum atomic E-state index is -3.46. The summed E-state index contributed by atoms with van der Waals surface area (Å²) in [7, 11) is 2.15. The number of benzene rings is 1. The molecule has 1 aliphatic heterocycles. The number of methoxy groups -OCH3 is 1. The first-order valence-corrected chi connectivity index (χ1v) is 9.78. The second-order valence-corrected chi connectivity index (χ2v) is 8.28. The van der Waals surface area contributed by atoms with Crippen LogP contribution in [0.1, 0.15) is 30.0 Å². The van der Waals surface area contributed by atoms with Gasteiger partial charge in [-0.15, -0.1) is 0 Å². The molecular formula is C17H29N3O3S. The zero-order chi connectivity index (χ0) is 17.7. The average molecular weight is 356 g/mol. The number of rotatable bonds is 7. The summed E-state index contributed by atoms with van der Waals surface area (Å²) in [4.78, 5) is 2.04. The van der Waals surface area contributed by atoms with E-state index in [1.54, 1.807) is 7.11 Å². The highest BCUT2D eigenvalue weighted by Gasteiger charge is 2.29. The van der Waals surface area contributed by atoms with Crippen molar-refractivity contribution < 1.29 is 13.2 Å². The topological polar surface area (TPSA) is 61.9 Å². The van der Waals surface area contributed by atoms with Crippen LogP contribution in [0.5, 0.6) is 0 Å². The van der Waals surface area contributed by atoms with Crippen LogP contribution in [0, 0.1) is 6.92 Å². The zero-order valence-corrected chi connectivity index (χ0v) is 15.8. The summed E-state index contributed by atoms with van der Waals surface area (Å²) < 4.78 is 34.8. The smallest absolute Gasteiger partial charge is 0.279 e. The Balaban J connectivity index is 2.02. The van der Waals surface area contributed by atoms with E-state index in [1.165, 1.54) is 4.31 Å². The summed E-state index contributed by atoms with van der Waals surface area (Å²) in [6.07, 6.45) is 1.65. The Bertz CT molecular complexity index is 626. The molecule has 7 heteroatoms. The van der Waals surface area contributed by atoms with Crippen molar-refractivity contribution in [1.82, 2.24) is 13.9 Å². The quantitative estimate of drug-likeness (QED) is 0.806. The Kier molecular flexibility index (Phi) is 6.77. The lowest BCUT2D eigenvalue weighted by Gasteiger charge is -2.32. The van der Waals surface area contributed by atoms with E-state index in [1.807, 2.05) is 31.1 Å². The molecule has 1 aromatic carbocycles. The molecular weight excluding hydrogens is 326 g/mol. The largest absolute Gasteiger partial charge is 0.381 e. The third kappa shape index (κ3) is 4.77. The molecule has 1 fully saturated rings. The first-order valence-electron chi connectivity index (χ1n) is 8.34. The Morgan fingerprint density at radius 1 is 1.29 bits per heavy atom. The van der Waals surface area contributed by atoms with Crippen molar-refractivity contribution in [2.45, 2.75) is 31.9 Å². The fraction of sp³-hybridized carbons (Fsp3) is 0.647. The third-order valence-corrected chi connectivity index (χ3v) is 6.28. The Morgan fingerprint density at radius 2 is 1.92 bits per heavy atom. The molecule has 0 radical (unpaired) electrons. The summed E-state index contributed by atoms with van der Waals surface area (Å²) >= 11 is 0. The van der Waals surface area contributed by atoms with E-state index in [0.717, 1.165) is 24.0 Å². The molecule has 136 valence electrons. The van der Waals surface area contributed by atoms with Crippen LogP contribution < -0.4 is 4.72 Å². The summed E-state index contributed by atoms with van der Waals surface area (Å²) in [6, 6.07) is 8.09. The number of likely N-dealkylation sites (N-methyl/N-ethyl adjacent to an activating group) is 1. The van der Waals surface area contributed by atoms with E-state index in [0.29, 0.717) is 19.6 Å². The van der Waals surface area contributed by atoms with Crippen molar-refractivity contribution in [3.05, 3.63) is 35.4 Å². The number of hydrogen-bond acceptors (Lipinski definition) is 4. The molecule has 1 N–H and O–H groups in total. The molecule has 1 atom stereocenters. The van der Waals surface area contributed by atoms with Crippen LogP contribution in [0.25, 0.3) is 0 Å². The van der Waals surface area contributed by atoms with Crippen molar-refractivity contribution in [2.75, 3.05) is 40.8 Å². The van der Waals surface area contributed by atoms with Gasteiger partial charge in [0.15, 0.2) is 0 Å². The highest BCUT2D eigenvalue weighted by Crippen LogP contribution is 2.22. The van der Waals surface area contributed by atoms with Gasteiger partial charge in [-0.05, 0) is 45.0 Å². The lowest BCUT2D eigenvalue weighted by molar-refractivity contribution is 0.0601. The normalized spacial score (nSPS) is 18.9. The fourth-order valence-electron chi connectivity index (χ4n) is 3.12. The number of piperidine rings is 1. The maximum atomic E-state index is 12.6. The Labute approximate surface area is 146 Å². The van der Waals surface area contributed by atoms with Gasteiger partial charge in [-0.1, -0.05) is 24.3 Å². The predicted octanol–water partition coefficient (Wildman–Crippen LogP) is 1.54. The van der Waals surface area contributed by atoms with E-state index >= 15 is 0 Å². The predicted molar refractivity (Wildman–Crippen MR) is 96.1 cm³/mol. The van der Waals surface area contributed by atoms with E-state index in [2.05, 4.69) is 23.8 Å². The van der Waals surface area contributed by atoms with Crippen LogP contribution in [0.15, 0.2) is 24.3 Å². The van der Waals surface area contributed by atoms with Gasteiger partial charge in [0.1, 0.15) is 0 Å². The van der Waals surface area contributed by atoms with Crippen LogP contribution in [-0.2, 0) is 14.9 Å². The average Bonchev–Trinajstić information content (AvgIpc) is 2.56. The van der Waals surface area contributed by atoms with Crippen LogP contribution in [0.2, 0.25) is 0 Å². The summed E-state index contributed by atoms with van der Waals surface area (Å²) in [5.41, 5.74) is 2.31. The number of nitrogens with one attached hydrogen (secondary N) is 1. The van der Waals surface area contributed by atoms with Gasteiger partial charge in [-0.3, -0.25) is 0 Å². The molecule has 1 aromatic rings. The van der Waals surface area contributed by atoms with Gasteiger partial charge in [-0.2, -0.15) is 12.7 Å². The van der Waals surface area contributed by atoms with Gasteiger partial charge >= 0.3 is 0 Å². The number of hydrogen-bond donors (Lipinski definition) is 1. The Hall–Kier alpha value is -0.990. The van der Waals surface area contributed by atoms with Crippen molar-refractivity contribution >= 4 is 10.2 Å². The van der Waals surface area contributed by atoms with Crippen LogP contribution >= 0.6 is 0 Å². The summed E-state index contributed by atoms with van der Waals surface area (Å²) in [5.74, 6) is 0. The number of nitrogens with zero attached hydrogens (tertiary/aromatic N) is 2. The van der Waals surface area contributed by atoms with Crippen molar-refractivity contribution in [1.29, 1.82) is 0 Å². The molecule has 1 unspecified atom stereocenters. The standard InChI is InChI=1S/C17H29N3O3S/c1-14-7-5-6-8-16(14)17(19(2)3)13-18-24(21,22)20-11-9-15(23-4)10-12-20/h5-8,15,17-18H,9-13H2,1-4H3. The van der Waals surface area contributed by atoms with E-state index in [4.69, 9.17) is 4.74 Å². The fourth-order valence-corrected chi connectivity index (χ4v) is 4.36. The van der Waals surface area contributed by atoms with Gasteiger partial charge in [-0.25, -0.2) is 4.72 Å². The van der Waals surface area contributed by atoms with E-state index in [-0.39, 0.29) is 12.1 Å². The maximum absolute atomic E-state index is 12.6. The van der Waals surface area contributed by atoms with E-state index < -0.39 is 10.2 Å². The number of ether oxygens (including phenoxy) is 1. The monoisotopic (exact) mass is 355 g/mol. The van der Waals surface area contributed by atoms with Gasteiger partial charge < -0.3 is 9.64 Å². The van der Waals surface area contributed by atoms with Crippen LogP contribution in [-0.4, -0.2) is 64.6 Å². The molecule has 1 aliphatic rings. The molecule has 2 rings (SSSR count). The van der Waals surface area contributed by atoms with Gasteiger partial charge in [0.2, 0.25) is 0 Å². The highest BCUT2D eigenvalue weighted by atomic mass is 32.2. The summed E-state index contributed by atoms with van der Waals surface area (Å²) in [6.45, 7) is 3.41. The first kappa shape index (κ1) is 19.3. The van der Waals surface area contributed by atoms with Crippen molar-refractivity contribution in [2.24, 2.45) is 0 Å². The van der Waals surface area contributed by atoms with Gasteiger partial charge in [0, 0.05) is 32.8 Å². The SMILES string of the molecule is COC1CCN(S(=O)(=O)NCC(c2ccccc2C)N(C)C)CC1.